The predicted molar refractivity (Wildman–Crippen MR) is 85.3 cm³/mol. The molecule has 3 aromatic heterocycles. The highest BCUT2D eigenvalue weighted by atomic mass is 32.2. The minimum Gasteiger partial charge on any atom is -0.461 e. The van der Waals surface area contributed by atoms with Crippen LogP contribution in [0.15, 0.2) is 33.5 Å². The van der Waals surface area contributed by atoms with Crippen molar-refractivity contribution in [3.05, 3.63) is 23.9 Å². The van der Waals surface area contributed by atoms with Gasteiger partial charge in [-0.15, -0.1) is 20.4 Å². The van der Waals surface area contributed by atoms with Crippen LogP contribution in [0.1, 0.15) is 18.9 Å². The highest BCUT2D eigenvalue weighted by molar-refractivity contribution is 7.99. The smallest absolute Gasteiger partial charge is 0.236 e. The van der Waals surface area contributed by atoms with Crippen LogP contribution in [0.4, 0.5) is 5.13 Å². The normalized spacial score (nSPS) is 14.1. The maximum atomic E-state index is 11.9. The summed E-state index contributed by atoms with van der Waals surface area (Å²) in [5.41, 5.74) is 1.57. The Labute approximate surface area is 139 Å². The van der Waals surface area contributed by atoms with Crippen LogP contribution in [0.25, 0.3) is 11.6 Å². The summed E-state index contributed by atoms with van der Waals surface area (Å²) in [4.78, 5) is 11.9. The van der Waals surface area contributed by atoms with Crippen molar-refractivity contribution in [3.63, 3.8) is 0 Å². The molecule has 0 atom stereocenters. The molecule has 23 heavy (non-hydrogen) atoms. The monoisotopic (exact) mass is 348 g/mol. The van der Waals surface area contributed by atoms with Crippen LogP contribution in [0.2, 0.25) is 0 Å². The molecule has 1 amide bonds. The number of nitrogens with one attached hydrogen (secondary N) is 1. The zero-order valence-electron chi connectivity index (χ0n) is 11.9. The minimum atomic E-state index is -0.142. The Morgan fingerprint density at radius 2 is 2.35 bits per heavy atom. The van der Waals surface area contributed by atoms with E-state index in [1.807, 2.05) is 12.1 Å². The van der Waals surface area contributed by atoms with Gasteiger partial charge in [0.2, 0.25) is 16.9 Å². The van der Waals surface area contributed by atoms with E-state index in [0.717, 1.165) is 18.0 Å². The predicted octanol–water partition coefficient (Wildman–Crippen LogP) is 2.46. The fourth-order valence-electron chi connectivity index (χ4n) is 2.12. The molecule has 118 valence electrons. The van der Waals surface area contributed by atoms with Gasteiger partial charge in [-0.1, -0.05) is 23.1 Å². The highest BCUT2D eigenvalue weighted by Gasteiger charge is 2.31. The first-order chi connectivity index (χ1) is 11.3. The fourth-order valence-corrected chi connectivity index (χ4v) is 3.39. The molecule has 0 spiro atoms. The van der Waals surface area contributed by atoms with E-state index in [0.29, 0.717) is 22.8 Å². The van der Waals surface area contributed by atoms with Crippen LogP contribution in [0, 0.1) is 0 Å². The topological polar surface area (TPSA) is 98.7 Å². The Bertz CT molecular complexity index is 795. The number of carbonyl (C=O) groups is 1. The molecule has 4 rings (SSSR count). The molecule has 3 aromatic rings. The molecule has 0 unspecified atom stereocenters. The zero-order valence-corrected chi connectivity index (χ0v) is 13.5. The number of carbonyl (C=O) groups excluding carboxylic acids is 1. The molecular formula is C13H12N6O2S2. The number of amides is 1. The molecule has 1 saturated carbocycles. The molecule has 1 aliphatic rings. The summed E-state index contributed by atoms with van der Waals surface area (Å²) < 4.78 is 7.48. The standard InChI is InChI=1S/C13H12N6O2S2/c20-10(15-12-17-14-7-23-12)6-22-13-18-16-11(9-2-1-5-21-9)19(13)8-3-4-8/h1-2,5,7-8H,3-4,6H2,(H,15,17,20). The molecule has 0 aromatic carbocycles. The molecule has 0 bridgehead atoms. The van der Waals surface area contributed by atoms with Gasteiger partial charge in [0.05, 0.1) is 12.0 Å². The maximum Gasteiger partial charge on any atom is 0.236 e. The second-order valence-corrected chi connectivity index (χ2v) is 6.74. The first kappa shape index (κ1) is 14.4. The summed E-state index contributed by atoms with van der Waals surface area (Å²) >= 11 is 2.64. The van der Waals surface area contributed by atoms with Crippen molar-refractivity contribution in [1.82, 2.24) is 25.0 Å². The first-order valence-electron chi connectivity index (χ1n) is 6.99. The van der Waals surface area contributed by atoms with E-state index in [2.05, 4.69) is 30.3 Å². The van der Waals surface area contributed by atoms with Crippen molar-refractivity contribution in [2.24, 2.45) is 0 Å². The Morgan fingerprint density at radius 1 is 1.43 bits per heavy atom. The molecule has 3 heterocycles. The van der Waals surface area contributed by atoms with Crippen molar-refractivity contribution in [2.75, 3.05) is 11.1 Å². The van der Waals surface area contributed by atoms with E-state index in [1.54, 1.807) is 11.8 Å². The lowest BCUT2D eigenvalue weighted by molar-refractivity contribution is -0.113. The van der Waals surface area contributed by atoms with E-state index in [-0.39, 0.29) is 11.7 Å². The number of hydrogen-bond acceptors (Lipinski definition) is 8. The maximum absolute atomic E-state index is 11.9. The summed E-state index contributed by atoms with van der Waals surface area (Å²) in [6, 6.07) is 4.07. The van der Waals surface area contributed by atoms with Crippen molar-refractivity contribution in [1.29, 1.82) is 0 Å². The summed E-state index contributed by atoms with van der Waals surface area (Å²) in [7, 11) is 0. The van der Waals surface area contributed by atoms with Crippen LogP contribution < -0.4 is 5.32 Å². The van der Waals surface area contributed by atoms with Gasteiger partial charge in [-0.2, -0.15) is 0 Å². The molecule has 1 aliphatic carbocycles. The summed E-state index contributed by atoms with van der Waals surface area (Å²) in [5, 5.41) is 19.8. The first-order valence-corrected chi connectivity index (χ1v) is 8.85. The quantitative estimate of drug-likeness (QED) is 0.683. The number of nitrogens with zero attached hydrogens (tertiary/aromatic N) is 5. The van der Waals surface area contributed by atoms with Gasteiger partial charge in [0.25, 0.3) is 0 Å². The SMILES string of the molecule is O=C(CSc1nnc(-c2ccco2)n1C1CC1)Nc1nncs1. The van der Waals surface area contributed by atoms with E-state index >= 15 is 0 Å². The van der Waals surface area contributed by atoms with Gasteiger partial charge in [0, 0.05) is 6.04 Å². The number of rotatable bonds is 6. The molecule has 10 heteroatoms. The van der Waals surface area contributed by atoms with Crippen molar-refractivity contribution in [3.8, 4) is 11.6 Å². The Morgan fingerprint density at radius 3 is 3.04 bits per heavy atom. The number of anilines is 1. The third-order valence-corrected chi connectivity index (χ3v) is 4.81. The molecule has 1 N–H and O–H groups in total. The average molecular weight is 348 g/mol. The number of thioether (sulfide) groups is 1. The van der Waals surface area contributed by atoms with Crippen LogP contribution >= 0.6 is 23.1 Å². The lowest BCUT2D eigenvalue weighted by atomic mass is 10.4. The van der Waals surface area contributed by atoms with Crippen molar-refractivity contribution >= 4 is 34.1 Å². The Kier molecular flexibility index (Phi) is 3.83. The average Bonchev–Trinajstić information content (AvgIpc) is 3.01. The largest absolute Gasteiger partial charge is 0.461 e. The van der Waals surface area contributed by atoms with Gasteiger partial charge < -0.3 is 4.42 Å². The van der Waals surface area contributed by atoms with Crippen LogP contribution in [0.5, 0.6) is 0 Å². The highest BCUT2D eigenvalue weighted by Crippen LogP contribution is 2.41. The third-order valence-electron chi connectivity index (χ3n) is 3.26. The molecular weight excluding hydrogens is 336 g/mol. The third kappa shape index (κ3) is 3.13. The van der Waals surface area contributed by atoms with Gasteiger partial charge in [-0.3, -0.25) is 14.7 Å². The minimum absolute atomic E-state index is 0.142. The molecule has 0 aliphatic heterocycles. The molecule has 1 fully saturated rings. The second-order valence-electron chi connectivity index (χ2n) is 4.97. The molecule has 8 nitrogen and oxygen atoms in total. The van der Waals surface area contributed by atoms with E-state index in [4.69, 9.17) is 4.42 Å². The van der Waals surface area contributed by atoms with Crippen LogP contribution in [-0.2, 0) is 4.79 Å². The van der Waals surface area contributed by atoms with Gasteiger partial charge in [0.1, 0.15) is 5.51 Å². The van der Waals surface area contributed by atoms with Crippen molar-refractivity contribution < 1.29 is 9.21 Å². The molecule has 0 saturated heterocycles. The Hall–Kier alpha value is -2.20. The van der Waals surface area contributed by atoms with E-state index < -0.39 is 0 Å². The van der Waals surface area contributed by atoms with Crippen LogP contribution in [0.3, 0.4) is 0 Å². The van der Waals surface area contributed by atoms with E-state index in [9.17, 15) is 4.79 Å². The number of aromatic nitrogens is 5. The fraction of sp³-hybridized carbons (Fsp3) is 0.308. The van der Waals surface area contributed by atoms with Gasteiger partial charge >= 0.3 is 0 Å². The summed E-state index contributed by atoms with van der Waals surface area (Å²) in [6.07, 6.45) is 3.80. The van der Waals surface area contributed by atoms with E-state index in [1.165, 1.54) is 23.1 Å². The Balaban J connectivity index is 1.48. The zero-order chi connectivity index (χ0) is 15.6. The number of hydrogen-bond donors (Lipinski definition) is 1. The summed E-state index contributed by atoms with van der Waals surface area (Å²) in [6.45, 7) is 0. The lowest BCUT2D eigenvalue weighted by Crippen LogP contribution is -2.14. The van der Waals surface area contributed by atoms with Gasteiger partial charge in [-0.25, -0.2) is 0 Å². The number of furan rings is 1. The van der Waals surface area contributed by atoms with Gasteiger partial charge in [0.15, 0.2) is 10.9 Å². The summed E-state index contributed by atoms with van der Waals surface area (Å²) in [5.74, 6) is 1.50. The van der Waals surface area contributed by atoms with Crippen LogP contribution in [-0.4, -0.2) is 36.6 Å². The lowest BCUT2D eigenvalue weighted by Gasteiger charge is -2.07. The van der Waals surface area contributed by atoms with Crippen molar-refractivity contribution in [2.45, 2.75) is 24.0 Å². The molecule has 0 radical (unpaired) electrons. The second kappa shape index (κ2) is 6.13. The van der Waals surface area contributed by atoms with Gasteiger partial charge in [-0.05, 0) is 25.0 Å².